The summed E-state index contributed by atoms with van der Waals surface area (Å²) in [5, 5.41) is 3.37. The van der Waals surface area contributed by atoms with E-state index in [4.69, 9.17) is 4.74 Å². The van der Waals surface area contributed by atoms with Crippen LogP contribution in [-0.2, 0) is 17.8 Å². The van der Waals surface area contributed by atoms with Gasteiger partial charge in [0.25, 0.3) is 5.56 Å². The smallest absolute Gasteiger partial charge is 0.255 e. The zero-order valence-electron chi connectivity index (χ0n) is 14.2. The van der Waals surface area contributed by atoms with Gasteiger partial charge in [0.05, 0.1) is 12.6 Å². The van der Waals surface area contributed by atoms with Crippen molar-refractivity contribution in [2.24, 2.45) is 0 Å². The molecule has 1 aromatic rings. The Hall–Kier alpha value is -1.13. The molecule has 2 heterocycles. The Morgan fingerprint density at radius 1 is 1.41 bits per heavy atom. The number of nitrogens with zero attached hydrogens (tertiary/aromatic N) is 1. The molecular weight excluding hydrogens is 276 g/mol. The highest BCUT2D eigenvalue weighted by Crippen LogP contribution is 2.18. The van der Waals surface area contributed by atoms with Crippen LogP contribution in [0.2, 0.25) is 0 Å². The van der Waals surface area contributed by atoms with Crippen molar-refractivity contribution in [3.8, 4) is 0 Å². The van der Waals surface area contributed by atoms with Gasteiger partial charge in [0.1, 0.15) is 0 Å². The second-order valence-corrected chi connectivity index (χ2v) is 6.52. The maximum absolute atomic E-state index is 12.8. The molecule has 4 heteroatoms. The molecule has 1 saturated heterocycles. The van der Waals surface area contributed by atoms with Crippen molar-refractivity contribution in [1.29, 1.82) is 0 Å². The van der Waals surface area contributed by atoms with Crippen molar-refractivity contribution in [2.75, 3.05) is 13.2 Å². The lowest BCUT2D eigenvalue weighted by Gasteiger charge is -2.20. The number of ether oxygens (including phenoxy) is 1. The summed E-state index contributed by atoms with van der Waals surface area (Å²) in [4.78, 5) is 12.8. The van der Waals surface area contributed by atoms with Crippen LogP contribution in [0.3, 0.4) is 0 Å². The molecule has 1 aliphatic rings. The lowest BCUT2D eigenvalue weighted by atomic mass is 10.1. The largest absolute Gasteiger partial charge is 0.376 e. The summed E-state index contributed by atoms with van der Waals surface area (Å²) < 4.78 is 7.67. The molecule has 4 nitrogen and oxygen atoms in total. The van der Waals surface area contributed by atoms with Gasteiger partial charge in [-0.25, -0.2) is 0 Å². The van der Waals surface area contributed by atoms with E-state index in [-0.39, 0.29) is 11.7 Å². The van der Waals surface area contributed by atoms with E-state index in [1.54, 1.807) is 0 Å². The van der Waals surface area contributed by atoms with E-state index < -0.39 is 0 Å². The molecule has 0 spiro atoms. The highest BCUT2D eigenvalue weighted by atomic mass is 16.5. The third-order valence-electron chi connectivity index (χ3n) is 4.31. The van der Waals surface area contributed by atoms with Crippen molar-refractivity contribution in [3.05, 3.63) is 33.7 Å². The average Bonchev–Trinajstić information content (AvgIpc) is 2.99. The average molecular weight is 306 g/mol. The molecule has 0 aromatic carbocycles. The third kappa shape index (κ3) is 4.43. The minimum atomic E-state index is 0.144. The van der Waals surface area contributed by atoms with E-state index in [1.165, 1.54) is 6.42 Å². The van der Waals surface area contributed by atoms with Crippen molar-refractivity contribution in [2.45, 2.75) is 71.6 Å². The summed E-state index contributed by atoms with van der Waals surface area (Å²) in [6.45, 7) is 9.59. The number of pyridine rings is 1. The molecule has 124 valence electrons. The molecule has 22 heavy (non-hydrogen) atoms. The molecule has 1 aliphatic heterocycles. The molecule has 2 rings (SSSR count). The van der Waals surface area contributed by atoms with Crippen LogP contribution >= 0.6 is 0 Å². The SMILES string of the molecule is CCCCNCc1ccc(C(C)C)n(CC2CCCO2)c1=O. The van der Waals surface area contributed by atoms with Gasteiger partial charge in [-0.15, -0.1) is 0 Å². The lowest BCUT2D eigenvalue weighted by Crippen LogP contribution is -2.33. The number of rotatable bonds is 8. The molecule has 0 bridgehead atoms. The number of aromatic nitrogens is 1. The highest BCUT2D eigenvalue weighted by Gasteiger charge is 2.19. The Labute approximate surface area is 133 Å². The predicted octanol–water partition coefficient (Wildman–Crippen LogP) is 3.04. The lowest BCUT2D eigenvalue weighted by molar-refractivity contribution is 0.0951. The standard InChI is InChI=1S/C18H30N2O2/c1-4-5-10-19-12-15-8-9-17(14(2)3)20(18(15)21)13-16-7-6-11-22-16/h8-9,14,16,19H,4-7,10-13H2,1-3H3. The topological polar surface area (TPSA) is 43.3 Å². The normalized spacial score (nSPS) is 18.3. The Bertz CT molecular complexity index is 516. The van der Waals surface area contributed by atoms with Gasteiger partial charge in [-0.05, 0) is 37.8 Å². The van der Waals surface area contributed by atoms with E-state index in [2.05, 4.69) is 32.2 Å². The first-order chi connectivity index (χ1) is 10.6. The predicted molar refractivity (Wildman–Crippen MR) is 90.4 cm³/mol. The first kappa shape index (κ1) is 17.2. The van der Waals surface area contributed by atoms with Crippen LogP contribution in [0.15, 0.2) is 16.9 Å². The van der Waals surface area contributed by atoms with Gasteiger partial charge in [0.2, 0.25) is 0 Å². The van der Waals surface area contributed by atoms with E-state index >= 15 is 0 Å². The number of hydrogen-bond donors (Lipinski definition) is 1. The quantitative estimate of drug-likeness (QED) is 0.751. The minimum Gasteiger partial charge on any atom is -0.376 e. The van der Waals surface area contributed by atoms with Gasteiger partial charge >= 0.3 is 0 Å². The maximum atomic E-state index is 12.8. The Kier molecular flexibility index (Phi) is 6.65. The van der Waals surface area contributed by atoms with Crippen LogP contribution in [0.25, 0.3) is 0 Å². The number of hydrogen-bond acceptors (Lipinski definition) is 3. The minimum absolute atomic E-state index is 0.144. The summed E-state index contributed by atoms with van der Waals surface area (Å²) in [6.07, 6.45) is 4.67. The maximum Gasteiger partial charge on any atom is 0.255 e. The Morgan fingerprint density at radius 3 is 2.86 bits per heavy atom. The van der Waals surface area contributed by atoms with Crippen molar-refractivity contribution in [1.82, 2.24) is 9.88 Å². The van der Waals surface area contributed by atoms with E-state index in [9.17, 15) is 4.79 Å². The first-order valence-electron chi connectivity index (χ1n) is 8.68. The molecule has 1 atom stereocenters. The summed E-state index contributed by atoms with van der Waals surface area (Å²) in [6, 6.07) is 4.10. The molecule has 1 fully saturated rings. The molecular formula is C18H30N2O2. The van der Waals surface area contributed by atoms with E-state index in [1.807, 2.05) is 10.6 Å². The van der Waals surface area contributed by atoms with Crippen molar-refractivity contribution >= 4 is 0 Å². The van der Waals surface area contributed by atoms with E-state index in [0.717, 1.165) is 43.7 Å². The van der Waals surface area contributed by atoms with Crippen LogP contribution in [0.5, 0.6) is 0 Å². The fourth-order valence-electron chi connectivity index (χ4n) is 2.98. The molecule has 1 aromatic heterocycles. The number of unbranched alkanes of at least 4 members (excludes halogenated alkanes) is 1. The summed E-state index contributed by atoms with van der Waals surface area (Å²) in [7, 11) is 0. The summed E-state index contributed by atoms with van der Waals surface area (Å²) in [5.74, 6) is 0.344. The second-order valence-electron chi connectivity index (χ2n) is 6.52. The van der Waals surface area contributed by atoms with Gasteiger partial charge in [-0.3, -0.25) is 4.79 Å². The number of nitrogens with one attached hydrogen (secondary N) is 1. The van der Waals surface area contributed by atoms with Crippen LogP contribution in [0.4, 0.5) is 0 Å². The van der Waals surface area contributed by atoms with Gasteiger partial charge in [-0.1, -0.05) is 33.3 Å². The third-order valence-corrected chi connectivity index (χ3v) is 4.31. The van der Waals surface area contributed by atoms with Crippen molar-refractivity contribution in [3.63, 3.8) is 0 Å². The molecule has 0 radical (unpaired) electrons. The van der Waals surface area contributed by atoms with Gasteiger partial charge in [0.15, 0.2) is 0 Å². The molecule has 1 unspecified atom stereocenters. The van der Waals surface area contributed by atoms with Crippen LogP contribution < -0.4 is 10.9 Å². The van der Waals surface area contributed by atoms with Gasteiger partial charge in [-0.2, -0.15) is 0 Å². The fraction of sp³-hybridized carbons (Fsp3) is 0.722. The summed E-state index contributed by atoms with van der Waals surface area (Å²) in [5.41, 5.74) is 2.11. The van der Waals surface area contributed by atoms with Crippen LogP contribution in [-0.4, -0.2) is 23.8 Å². The first-order valence-corrected chi connectivity index (χ1v) is 8.68. The van der Waals surface area contributed by atoms with Crippen molar-refractivity contribution < 1.29 is 4.74 Å². The monoisotopic (exact) mass is 306 g/mol. The van der Waals surface area contributed by atoms with E-state index in [0.29, 0.717) is 19.0 Å². The summed E-state index contributed by atoms with van der Waals surface area (Å²) >= 11 is 0. The highest BCUT2D eigenvalue weighted by molar-refractivity contribution is 5.18. The zero-order chi connectivity index (χ0) is 15.9. The second kappa shape index (κ2) is 8.49. The molecule has 0 saturated carbocycles. The molecule has 0 aliphatic carbocycles. The van der Waals surface area contributed by atoms with Gasteiger partial charge < -0.3 is 14.6 Å². The van der Waals surface area contributed by atoms with Crippen LogP contribution in [0, 0.1) is 0 Å². The van der Waals surface area contributed by atoms with Crippen LogP contribution in [0.1, 0.15) is 63.6 Å². The molecule has 0 amide bonds. The Morgan fingerprint density at radius 2 is 2.23 bits per heavy atom. The Balaban J connectivity index is 2.16. The van der Waals surface area contributed by atoms with Gasteiger partial charge in [0, 0.05) is 24.4 Å². The zero-order valence-corrected chi connectivity index (χ0v) is 14.2. The molecule has 1 N–H and O–H groups in total. The fourth-order valence-corrected chi connectivity index (χ4v) is 2.98.